The Morgan fingerprint density at radius 2 is 2.14 bits per heavy atom. The normalized spacial score (nSPS) is 17.4. The summed E-state index contributed by atoms with van der Waals surface area (Å²) < 4.78 is 0. The van der Waals surface area contributed by atoms with Crippen LogP contribution in [-0.2, 0) is 6.42 Å². The first-order valence-electron chi connectivity index (χ1n) is 7.96. The van der Waals surface area contributed by atoms with E-state index in [4.69, 9.17) is 5.73 Å². The fourth-order valence-corrected chi connectivity index (χ4v) is 2.77. The lowest BCUT2D eigenvalue weighted by molar-refractivity contribution is 0.595. The van der Waals surface area contributed by atoms with E-state index >= 15 is 0 Å². The minimum atomic E-state index is 0. The van der Waals surface area contributed by atoms with E-state index < -0.39 is 0 Å². The molecule has 0 radical (unpaired) electrons. The van der Waals surface area contributed by atoms with Gasteiger partial charge in [-0.3, -0.25) is 4.99 Å². The van der Waals surface area contributed by atoms with Crippen molar-refractivity contribution in [2.45, 2.75) is 39.7 Å². The molecule has 1 aromatic rings. The zero-order chi connectivity index (χ0) is 15.2. The SMILES string of the molecule is CC(C)CCN=C(N)NCCN1c2ccccc2CC1C.I. The summed E-state index contributed by atoms with van der Waals surface area (Å²) in [4.78, 5) is 6.80. The van der Waals surface area contributed by atoms with E-state index in [2.05, 4.69) is 60.2 Å². The molecule has 4 nitrogen and oxygen atoms in total. The number of aliphatic imine (C=N–C) groups is 1. The molecule has 1 aliphatic heterocycles. The zero-order valence-corrected chi connectivity index (χ0v) is 16.2. The molecule has 1 aromatic carbocycles. The average Bonchev–Trinajstić information content (AvgIpc) is 2.75. The van der Waals surface area contributed by atoms with Gasteiger partial charge in [-0.25, -0.2) is 0 Å². The first kappa shape index (κ1) is 19.1. The highest BCUT2D eigenvalue weighted by Crippen LogP contribution is 2.30. The van der Waals surface area contributed by atoms with Crippen LogP contribution in [0.1, 0.15) is 32.8 Å². The number of nitrogens with zero attached hydrogens (tertiary/aromatic N) is 2. The van der Waals surface area contributed by atoms with E-state index in [0.717, 1.165) is 32.5 Å². The molecule has 0 fully saturated rings. The Bertz CT molecular complexity index is 487. The first-order chi connectivity index (χ1) is 10.1. The second kappa shape index (κ2) is 9.22. The summed E-state index contributed by atoms with van der Waals surface area (Å²) in [6.07, 6.45) is 2.22. The van der Waals surface area contributed by atoms with Gasteiger partial charge >= 0.3 is 0 Å². The average molecular weight is 416 g/mol. The highest BCUT2D eigenvalue weighted by atomic mass is 127. The molecule has 0 saturated heterocycles. The van der Waals surface area contributed by atoms with Gasteiger partial charge in [0, 0.05) is 31.4 Å². The predicted octanol–water partition coefficient (Wildman–Crippen LogP) is 3.01. The van der Waals surface area contributed by atoms with Crippen molar-refractivity contribution in [3.8, 4) is 0 Å². The lowest BCUT2D eigenvalue weighted by Crippen LogP contribution is -2.40. The van der Waals surface area contributed by atoms with E-state index in [1.54, 1.807) is 0 Å². The topological polar surface area (TPSA) is 53.6 Å². The number of benzene rings is 1. The van der Waals surface area contributed by atoms with Crippen LogP contribution in [0.25, 0.3) is 0 Å². The number of rotatable bonds is 6. The number of nitrogens with two attached hydrogens (primary N) is 1. The minimum absolute atomic E-state index is 0. The second-order valence-corrected chi connectivity index (χ2v) is 6.25. The van der Waals surface area contributed by atoms with E-state index in [-0.39, 0.29) is 24.0 Å². The maximum atomic E-state index is 5.89. The van der Waals surface area contributed by atoms with Gasteiger partial charge in [0.05, 0.1) is 0 Å². The lowest BCUT2D eigenvalue weighted by atomic mass is 10.1. The van der Waals surface area contributed by atoms with Crippen LogP contribution in [0.5, 0.6) is 0 Å². The van der Waals surface area contributed by atoms with E-state index in [0.29, 0.717) is 17.9 Å². The Balaban J connectivity index is 0.00000242. The highest BCUT2D eigenvalue weighted by Gasteiger charge is 2.24. The third-order valence-corrected chi connectivity index (χ3v) is 4.00. The number of halogens is 1. The highest BCUT2D eigenvalue weighted by molar-refractivity contribution is 14.0. The summed E-state index contributed by atoms with van der Waals surface area (Å²) in [5, 5.41) is 3.22. The summed E-state index contributed by atoms with van der Waals surface area (Å²) in [6.45, 7) is 9.27. The Labute approximate surface area is 151 Å². The van der Waals surface area contributed by atoms with E-state index in [1.165, 1.54) is 11.3 Å². The Hall–Kier alpha value is -0.980. The molecule has 1 aliphatic rings. The number of guanidine groups is 1. The largest absolute Gasteiger partial charge is 0.370 e. The summed E-state index contributed by atoms with van der Waals surface area (Å²) >= 11 is 0. The third-order valence-electron chi connectivity index (χ3n) is 4.00. The van der Waals surface area contributed by atoms with Gasteiger partial charge in [-0.05, 0) is 37.3 Å². The molecule has 0 bridgehead atoms. The van der Waals surface area contributed by atoms with Gasteiger partial charge < -0.3 is 16.0 Å². The number of hydrogen-bond acceptors (Lipinski definition) is 2. The van der Waals surface area contributed by atoms with Crippen LogP contribution in [0.15, 0.2) is 29.3 Å². The van der Waals surface area contributed by atoms with Crippen molar-refractivity contribution >= 4 is 35.6 Å². The molecule has 0 aliphatic carbocycles. The van der Waals surface area contributed by atoms with Gasteiger partial charge in [-0.15, -0.1) is 24.0 Å². The lowest BCUT2D eigenvalue weighted by Gasteiger charge is -2.25. The van der Waals surface area contributed by atoms with Gasteiger partial charge in [-0.1, -0.05) is 32.0 Å². The van der Waals surface area contributed by atoms with Crippen LogP contribution in [0.2, 0.25) is 0 Å². The Kier molecular flexibility index (Phi) is 8.00. The smallest absolute Gasteiger partial charge is 0.188 e. The molecular weight excluding hydrogens is 387 g/mol. The Morgan fingerprint density at radius 1 is 1.41 bits per heavy atom. The summed E-state index contributed by atoms with van der Waals surface area (Å²) in [5.74, 6) is 1.24. The van der Waals surface area contributed by atoms with Crippen molar-refractivity contribution < 1.29 is 0 Å². The molecule has 22 heavy (non-hydrogen) atoms. The predicted molar refractivity (Wildman–Crippen MR) is 106 cm³/mol. The first-order valence-corrected chi connectivity index (χ1v) is 7.96. The van der Waals surface area contributed by atoms with Crippen molar-refractivity contribution in [2.24, 2.45) is 16.6 Å². The van der Waals surface area contributed by atoms with Crippen molar-refractivity contribution in [3.05, 3.63) is 29.8 Å². The van der Waals surface area contributed by atoms with Crippen molar-refractivity contribution in [1.29, 1.82) is 0 Å². The molecule has 5 heteroatoms. The molecule has 124 valence electrons. The van der Waals surface area contributed by atoms with Crippen molar-refractivity contribution in [2.75, 3.05) is 24.5 Å². The third kappa shape index (κ3) is 5.34. The summed E-state index contributed by atoms with van der Waals surface area (Å²) in [6, 6.07) is 9.22. The second-order valence-electron chi connectivity index (χ2n) is 6.25. The van der Waals surface area contributed by atoms with Gasteiger partial charge in [0.25, 0.3) is 0 Å². The van der Waals surface area contributed by atoms with Gasteiger partial charge in [0.1, 0.15) is 0 Å². The number of hydrogen-bond donors (Lipinski definition) is 2. The van der Waals surface area contributed by atoms with Crippen molar-refractivity contribution in [1.82, 2.24) is 5.32 Å². The van der Waals surface area contributed by atoms with Crippen LogP contribution >= 0.6 is 24.0 Å². The maximum Gasteiger partial charge on any atom is 0.188 e. The summed E-state index contributed by atoms with van der Waals surface area (Å²) in [7, 11) is 0. The van der Waals surface area contributed by atoms with E-state index in [1.807, 2.05) is 0 Å². The number of anilines is 1. The van der Waals surface area contributed by atoms with E-state index in [9.17, 15) is 0 Å². The fourth-order valence-electron chi connectivity index (χ4n) is 2.77. The molecule has 1 atom stereocenters. The monoisotopic (exact) mass is 416 g/mol. The van der Waals surface area contributed by atoms with Crippen LogP contribution in [-0.4, -0.2) is 31.6 Å². The van der Waals surface area contributed by atoms with Crippen LogP contribution in [0.4, 0.5) is 5.69 Å². The number of nitrogens with one attached hydrogen (secondary N) is 1. The van der Waals surface area contributed by atoms with Gasteiger partial charge in [-0.2, -0.15) is 0 Å². The quantitative estimate of drug-likeness (QED) is 0.426. The van der Waals surface area contributed by atoms with Crippen LogP contribution in [0, 0.1) is 5.92 Å². The van der Waals surface area contributed by atoms with Gasteiger partial charge in [0.15, 0.2) is 5.96 Å². The molecule has 2 rings (SSSR count). The molecule has 0 amide bonds. The molecule has 0 aromatic heterocycles. The van der Waals surface area contributed by atoms with Crippen LogP contribution < -0.4 is 16.0 Å². The maximum absolute atomic E-state index is 5.89. The molecule has 0 spiro atoms. The molecule has 3 N–H and O–H groups in total. The fraction of sp³-hybridized carbons (Fsp3) is 0.588. The summed E-state index contributed by atoms with van der Waals surface area (Å²) in [5.41, 5.74) is 8.71. The molecular formula is C17H29IN4. The van der Waals surface area contributed by atoms with Crippen molar-refractivity contribution in [3.63, 3.8) is 0 Å². The zero-order valence-electron chi connectivity index (χ0n) is 13.9. The van der Waals surface area contributed by atoms with Gasteiger partial charge in [0.2, 0.25) is 0 Å². The minimum Gasteiger partial charge on any atom is -0.370 e. The standard InChI is InChI=1S/C17H28N4.HI/c1-13(2)8-9-19-17(18)20-10-11-21-14(3)12-15-6-4-5-7-16(15)21;/h4-7,13-14H,8-12H2,1-3H3,(H3,18,19,20);1H. The Morgan fingerprint density at radius 3 is 2.86 bits per heavy atom. The molecule has 0 saturated carbocycles. The van der Waals surface area contributed by atoms with Crippen LogP contribution in [0.3, 0.4) is 0 Å². The number of para-hydroxylation sites is 1. The molecule has 1 unspecified atom stereocenters. The number of fused-ring (bicyclic) bond motifs is 1. The molecule has 1 heterocycles.